The lowest BCUT2D eigenvalue weighted by molar-refractivity contribution is 0.252. The highest BCUT2D eigenvalue weighted by Gasteiger charge is 2.03. The van der Waals surface area contributed by atoms with Gasteiger partial charge in [-0.25, -0.2) is 9.89 Å². The number of carbonyl (C=O) groups is 1. The van der Waals surface area contributed by atoms with Crippen LogP contribution in [0.2, 0.25) is 0 Å². The Morgan fingerprint density at radius 1 is 1.42 bits per heavy atom. The molecule has 1 aromatic heterocycles. The number of nitrogens with one attached hydrogen (secondary N) is 3. The number of rotatable bonds is 4. The lowest BCUT2D eigenvalue weighted by Crippen LogP contribution is -2.29. The number of aromatic amines is 1. The molecule has 3 N–H and O–H groups in total. The number of carbonyl (C=O) groups excluding carboxylic acids is 1. The zero-order valence-corrected chi connectivity index (χ0v) is 10.7. The van der Waals surface area contributed by atoms with E-state index in [4.69, 9.17) is 0 Å². The van der Waals surface area contributed by atoms with Gasteiger partial charge in [-0.1, -0.05) is 19.4 Å². The van der Waals surface area contributed by atoms with Crippen LogP contribution in [0.1, 0.15) is 19.8 Å². The minimum absolute atomic E-state index is 0.265. The predicted octanol–water partition coefficient (Wildman–Crippen LogP) is 1.84. The van der Waals surface area contributed by atoms with Gasteiger partial charge in [-0.15, -0.1) is 0 Å². The number of amides is 2. The van der Waals surface area contributed by atoms with Gasteiger partial charge in [0.15, 0.2) is 0 Å². The molecular formula is C13H16N4O2. The molecule has 0 spiro atoms. The second-order valence-corrected chi connectivity index (χ2v) is 4.24. The first-order chi connectivity index (χ1) is 9.20. The van der Waals surface area contributed by atoms with Crippen LogP contribution in [0, 0.1) is 0 Å². The molecular weight excluding hydrogens is 244 g/mol. The van der Waals surface area contributed by atoms with Crippen molar-refractivity contribution in [3.05, 3.63) is 34.7 Å². The molecule has 0 fully saturated rings. The van der Waals surface area contributed by atoms with E-state index in [2.05, 4.69) is 27.8 Å². The Balaban J connectivity index is 2.11. The fourth-order valence-electron chi connectivity index (χ4n) is 1.72. The monoisotopic (exact) mass is 260 g/mol. The largest absolute Gasteiger partial charge is 0.338 e. The van der Waals surface area contributed by atoms with E-state index in [9.17, 15) is 9.59 Å². The molecule has 0 saturated heterocycles. The molecule has 0 radical (unpaired) electrons. The van der Waals surface area contributed by atoms with E-state index < -0.39 is 0 Å². The third-order valence-electron chi connectivity index (χ3n) is 2.74. The second kappa shape index (κ2) is 5.99. The number of H-pyrrole nitrogens is 1. The Bertz CT molecular complexity index is 636. The van der Waals surface area contributed by atoms with Crippen LogP contribution in [-0.4, -0.2) is 22.8 Å². The lowest BCUT2D eigenvalue weighted by atomic mass is 10.2. The Morgan fingerprint density at radius 2 is 2.26 bits per heavy atom. The number of anilines is 1. The normalized spacial score (nSPS) is 10.4. The van der Waals surface area contributed by atoms with Crippen molar-refractivity contribution in [1.82, 2.24) is 15.5 Å². The van der Waals surface area contributed by atoms with E-state index in [0.29, 0.717) is 17.6 Å². The van der Waals surface area contributed by atoms with Crippen LogP contribution in [0.5, 0.6) is 0 Å². The molecule has 0 unspecified atom stereocenters. The Kier molecular flexibility index (Phi) is 4.12. The molecule has 0 atom stereocenters. The first-order valence-electron chi connectivity index (χ1n) is 6.23. The van der Waals surface area contributed by atoms with Crippen molar-refractivity contribution in [2.45, 2.75) is 19.8 Å². The van der Waals surface area contributed by atoms with Crippen LogP contribution in [-0.2, 0) is 0 Å². The molecule has 100 valence electrons. The van der Waals surface area contributed by atoms with Crippen LogP contribution in [0.3, 0.4) is 0 Å². The summed E-state index contributed by atoms with van der Waals surface area (Å²) in [6.07, 6.45) is 3.54. The molecule has 6 nitrogen and oxygen atoms in total. The summed E-state index contributed by atoms with van der Waals surface area (Å²) < 4.78 is 0. The fourth-order valence-corrected chi connectivity index (χ4v) is 1.72. The molecule has 19 heavy (non-hydrogen) atoms. The molecule has 2 amide bonds. The van der Waals surface area contributed by atoms with E-state index in [0.717, 1.165) is 18.2 Å². The Morgan fingerprint density at radius 3 is 3.05 bits per heavy atom. The van der Waals surface area contributed by atoms with Gasteiger partial charge in [-0.05, 0) is 18.6 Å². The summed E-state index contributed by atoms with van der Waals surface area (Å²) in [5.41, 5.74) is 0.311. The van der Waals surface area contributed by atoms with E-state index in [1.807, 2.05) is 0 Å². The van der Waals surface area contributed by atoms with Gasteiger partial charge in [0.05, 0.1) is 11.6 Å². The van der Waals surface area contributed by atoms with Crippen LogP contribution >= 0.6 is 0 Å². The summed E-state index contributed by atoms with van der Waals surface area (Å²) in [4.78, 5) is 23.2. The molecule has 0 aliphatic carbocycles. The van der Waals surface area contributed by atoms with Crippen molar-refractivity contribution in [2.75, 3.05) is 11.9 Å². The number of fused-ring (bicyclic) bond motifs is 1. The zero-order chi connectivity index (χ0) is 13.7. The van der Waals surface area contributed by atoms with Crippen molar-refractivity contribution in [1.29, 1.82) is 0 Å². The topological polar surface area (TPSA) is 86.9 Å². The van der Waals surface area contributed by atoms with Gasteiger partial charge < -0.3 is 10.6 Å². The molecule has 2 rings (SSSR count). The first-order valence-corrected chi connectivity index (χ1v) is 6.23. The third kappa shape index (κ3) is 3.31. The van der Waals surface area contributed by atoms with Crippen molar-refractivity contribution < 1.29 is 4.79 Å². The Hall–Kier alpha value is -2.37. The van der Waals surface area contributed by atoms with Gasteiger partial charge in [0.1, 0.15) is 0 Å². The number of aromatic nitrogens is 2. The summed E-state index contributed by atoms with van der Waals surface area (Å²) >= 11 is 0. The minimum atomic E-state index is -0.271. The van der Waals surface area contributed by atoms with Gasteiger partial charge in [0, 0.05) is 17.6 Å². The standard InChI is InChI=1S/C13H16N4O2/c1-2-3-6-14-13(19)16-10-5-4-9-8-15-17-12(18)11(9)7-10/h4-5,7-8H,2-3,6H2,1H3,(H,17,18)(H2,14,16,19). The number of hydrogen-bond acceptors (Lipinski definition) is 3. The van der Waals surface area contributed by atoms with Gasteiger partial charge in [0.2, 0.25) is 0 Å². The van der Waals surface area contributed by atoms with E-state index in [1.54, 1.807) is 24.4 Å². The highest BCUT2D eigenvalue weighted by Crippen LogP contribution is 2.14. The predicted molar refractivity (Wildman–Crippen MR) is 74.3 cm³/mol. The molecule has 2 aromatic rings. The average molecular weight is 260 g/mol. The maximum atomic E-state index is 11.6. The molecule has 0 saturated carbocycles. The lowest BCUT2D eigenvalue weighted by Gasteiger charge is -2.07. The van der Waals surface area contributed by atoms with Gasteiger partial charge >= 0.3 is 6.03 Å². The molecule has 0 aliphatic rings. The average Bonchev–Trinajstić information content (AvgIpc) is 2.40. The summed E-state index contributed by atoms with van der Waals surface area (Å²) in [5, 5.41) is 12.8. The second-order valence-electron chi connectivity index (χ2n) is 4.24. The van der Waals surface area contributed by atoms with Crippen LogP contribution in [0.25, 0.3) is 10.8 Å². The molecule has 0 bridgehead atoms. The minimum Gasteiger partial charge on any atom is -0.338 e. The summed E-state index contributed by atoms with van der Waals surface area (Å²) in [5.74, 6) is 0. The van der Waals surface area contributed by atoms with Crippen molar-refractivity contribution >= 4 is 22.5 Å². The highest BCUT2D eigenvalue weighted by molar-refractivity contribution is 5.92. The van der Waals surface area contributed by atoms with E-state index in [-0.39, 0.29) is 11.6 Å². The Labute approximate surface area is 110 Å². The molecule has 1 heterocycles. The smallest absolute Gasteiger partial charge is 0.319 e. The van der Waals surface area contributed by atoms with Crippen LogP contribution < -0.4 is 16.2 Å². The quantitative estimate of drug-likeness (QED) is 0.733. The number of hydrogen-bond donors (Lipinski definition) is 3. The first kappa shape index (κ1) is 13.1. The van der Waals surface area contributed by atoms with Crippen LogP contribution in [0.4, 0.5) is 10.5 Å². The summed E-state index contributed by atoms with van der Waals surface area (Å²) in [7, 11) is 0. The SMILES string of the molecule is CCCCNC(=O)Nc1ccc2cn[nH]c(=O)c2c1. The highest BCUT2D eigenvalue weighted by atomic mass is 16.2. The summed E-state index contributed by atoms with van der Waals surface area (Å²) in [6, 6.07) is 4.86. The number of urea groups is 1. The van der Waals surface area contributed by atoms with Gasteiger partial charge in [-0.2, -0.15) is 5.10 Å². The van der Waals surface area contributed by atoms with Crippen LogP contribution in [0.15, 0.2) is 29.2 Å². The van der Waals surface area contributed by atoms with Gasteiger partial charge in [-0.3, -0.25) is 4.79 Å². The fraction of sp³-hybridized carbons (Fsp3) is 0.308. The number of unbranched alkanes of at least 4 members (excludes halogenated alkanes) is 1. The molecule has 1 aromatic carbocycles. The van der Waals surface area contributed by atoms with Crippen molar-refractivity contribution in [3.63, 3.8) is 0 Å². The maximum Gasteiger partial charge on any atom is 0.319 e. The molecule has 0 aliphatic heterocycles. The van der Waals surface area contributed by atoms with E-state index >= 15 is 0 Å². The third-order valence-corrected chi connectivity index (χ3v) is 2.74. The maximum absolute atomic E-state index is 11.6. The van der Waals surface area contributed by atoms with Crippen molar-refractivity contribution in [2.24, 2.45) is 0 Å². The zero-order valence-electron chi connectivity index (χ0n) is 10.7. The van der Waals surface area contributed by atoms with Crippen molar-refractivity contribution in [3.8, 4) is 0 Å². The summed E-state index contributed by atoms with van der Waals surface area (Å²) in [6.45, 7) is 2.70. The van der Waals surface area contributed by atoms with Gasteiger partial charge in [0.25, 0.3) is 5.56 Å². The number of benzene rings is 1. The van der Waals surface area contributed by atoms with E-state index in [1.165, 1.54) is 0 Å². The molecule has 6 heteroatoms. The number of nitrogens with zero attached hydrogens (tertiary/aromatic N) is 1.